The maximum absolute atomic E-state index is 14.0. The number of piperidine rings is 1. The number of likely N-dealkylation sites (tertiary alicyclic amines) is 1. The van der Waals surface area contributed by atoms with E-state index >= 15 is 0 Å². The van der Waals surface area contributed by atoms with Crippen LogP contribution in [0.25, 0.3) is 0 Å². The molecule has 3 rings (SSSR count). The predicted octanol–water partition coefficient (Wildman–Crippen LogP) is 2.40. The molecular weight excluding hydrogens is 328 g/mol. The van der Waals surface area contributed by atoms with E-state index in [1.54, 1.807) is 6.92 Å². The highest BCUT2D eigenvalue weighted by molar-refractivity contribution is 5.27. The van der Waals surface area contributed by atoms with E-state index in [0.29, 0.717) is 24.6 Å². The number of nitrogens with zero attached hydrogens (tertiary/aromatic N) is 2. The molecule has 2 aromatic rings. The number of aromatic nitrogens is 2. The van der Waals surface area contributed by atoms with Crippen molar-refractivity contribution in [3.05, 3.63) is 63.3 Å². The molecule has 5 nitrogen and oxygen atoms in total. The van der Waals surface area contributed by atoms with Crippen molar-refractivity contribution in [1.29, 1.82) is 0 Å². The minimum absolute atomic E-state index is 0.164. The monoisotopic (exact) mass is 349 g/mol. The predicted molar refractivity (Wildman–Crippen MR) is 89.1 cm³/mol. The van der Waals surface area contributed by atoms with Crippen LogP contribution in [0.15, 0.2) is 29.1 Å². The fourth-order valence-corrected chi connectivity index (χ4v) is 3.45. The highest BCUT2D eigenvalue weighted by Gasteiger charge is 2.39. The Morgan fingerprint density at radius 1 is 1.28 bits per heavy atom. The van der Waals surface area contributed by atoms with Gasteiger partial charge in [-0.05, 0) is 38.8 Å². The van der Waals surface area contributed by atoms with E-state index in [9.17, 15) is 18.7 Å². The van der Waals surface area contributed by atoms with Gasteiger partial charge in [-0.3, -0.25) is 9.69 Å². The summed E-state index contributed by atoms with van der Waals surface area (Å²) < 4.78 is 28.1. The largest absolute Gasteiger partial charge is 0.385 e. The van der Waals surface area contributed by atoms with Crippen molar-refractivity contribution >= 4 is 0 Å². The van der Waals surface area contributed by atoms with Gasteiger partial charge in [0.1, 0.15) is 17.5 Å². The van der Waals surface area contributed by atoms with Gasteiger partial charge in [-0.2, -0.15) is 0 Å². The molecule has 0 radical (unpaired) electrons. The van der Waals surface area contributed by atoms with Gasteiger partial charge in [0, 0.05) is 24.8 Å². The van der Waals surface area contributed by atoms with E-state index in [0.717, 1.165) is 12.1 Å². The number of aliphatic hydroxyl groups is 1. The van der Waals surface area contributed by atoms with Crippen molar-refractivity contribution in [2.45, 2.75) is 38.3 Å². The van der Waals surface area contributed by atoms with Gasteiger partial charge in [-0.15, -0.1) is 0 Å². The summed E-state index contributed by atoms with van der Waals surface area (Å²) in [4.78, 5) is 20.7. The van der Waals surface area contributed by atoms with Gasteiger partial charge in [-0.25, -0.2) is 13.8 Å². The Morgan fingerprint density at radius 2 is 1.88 bits per heavy atom. The number of aryl methyl sites for hydroxylation is 1. The van der Waals surface area contributed by atoms with Gasteiger partial charge in [0.2, 0.25) is 0 Å². The van der Waals surface area contributed by atoms with Crippen LogP contribution in [-0.2, 0) is 5.60 Å². The summed E-state index contributed by atoms with van der Waals surface area (Å²) >= 11 is 0. The van der Waals surface area contributed by atoms with Crippen molar-refractivity contribution < 1.29 is 13.9 Å². The molecule has 7 heteroatoms. The third-order valence-corrected chi connectivity index (χ3v) is 4.88. The molecule has 1 saturated heterocycles. The summed E-state index contributed by atoms with van der Waals surface area (Å²) in [6.07, 6.45) is 0.399. The number of hydrogen-bond acceptors (Lipinski definition) is 4. The molecule has 0 spiro atoms. The van der Waals surface area contributed by atoms with Crippen LogP contribution in [0.5, 0.6) is 0 Å². The summed E-state index contributed by atoms with van der Waals surface area (Å²) in [6, 6.07) is 4.86. The number of rotatable bonds is 3. The Hall–Kier alpha value is -2.12. The summed E-state index contributed by atoms with van der Waals surface area (Å²) in [6.45, 7) is 4.53. The second-order valence-corrected chi connectivity index (χ2v) is 6.61. The van der Waals surface area contributed by atoms with E-state index in [4.69, 9.17) is 0 Å². The first-order valence-electron chi connectivity index (χ1n) is 8.29. The van der Waals surface area contributed by atoms with Crippen LogP contribution >= 0.6 is 0 Å². The topological polar surface area (TPSA) is 69.2 Å². The average molecular weight is 349 g/mol. The standard InChI is InChI=1S/C18H21F2N3O2/c1-11-10-15(24)22-17(21-11)12(2)23-8-6-18(25,7-9-23)16-13(19)4-3-5-14(16)20/h3-5,10,12,25H,6-9H2,1-2H3,(H,21,22,24)/t12-/m0/s1. The van der Waals surface area contributed by atoms with Crippen molar-refractivity contribution in [2.24, 2.45) is 0 Å². The zero-order valence-corrected chi connectivity index (χ0v) is 14.2. The molecule has 134 valence electrons. The lowest BCUT2D eigenvalue weighted by molar-refractivity contribution is -0.0400. The van der Waals surface area contributed by atoms with Crippen molar-refractivity contribution in [1.82, 2.24) is 14.9 Å². The molecule has 0 aliphatic carbocycles. The molecule has 1 fully saturated rings. The van der Waals surface area contributed by atoms with Crippen LogP contribution in [0.4, 0.5) is 8.78 Å². The lowest BCUT2D eigenvalue weighted by Crippen LogP contribution is -2.44. The highest BCUT2D eigenvalue weighted by atomic mass is 19.1. The van der Waals surface area contributed by atoms with E-state index in [1.165, 1.54) is 12.1 Å². The first kappa shape index (κ1) is 17.7. The lowest BCUT2D eigenvalue weighted by Gasteiger charge is -2.40. The van der Waals surface area contributed by atoms with Crippen molar-refractivity contribution in [3.63, 3.8) is 0 Å². The molecule has 1 aliphatic heterocycles. The number of halogens is 2. The first-order valence-corrected chi connectivity index (χ1v) is 8.29. The van der Waals surface area contributed by atoms with Gasteiger partial charge in [-0.1, -0.05) is 6.07 Å². The molecule has 1 aromatic heterocycles. The van der Waals surface area contributed by atoms with Gasteiger partial charge < -0.3 is 10.1 Å². The van der Waals surface area contributed by atoms with Gasteiger partial charge in [0.05, 0.1) is 17.2 Å². The Balaban J connectivity index is 1.78. The number of aromatic amines is 1. The van der Waals surface area contributed by atoms with Gasteiger partial charge in [0.15, 0.2) is 0 Å². The summed E-state index contributed by atoms with van der Waals surface area (Å²) in [5.41, 5.74) is -1.37. The Kier molecular flexibility index (Phi) is 4.71. The van der Waals surface area contributed by atoms with Crippen LogP contribution in [0.2, 0.25) is 0 Å². The number of nitrogens with one attached hydrogen (secondary N) is 1. The smallest absolute Gasteiger partial charge is 0.251 e. The van der Waals surface area contributed by atoms with Gasteiger partial charge >= 0.3 is 0 Å². The second kappa shape index (κ2) is 6.65. The van der Waals surface area contributed by atoms with E-state index in [-0.39, 0.29) is 30.0 Å². The van der Waals surface area contributed by atoms with Crippen LogP contribution < -0.4 is 5.56 Å². The van der Waals surface area contributed by atoms with Crippen LogP contribution in [0, 0.1) is 18.6 Å². The molecule has 1 aliphatic rings. The molecule has 0 bridgehead atoms. The fourth-order valence-electron chi connectivity index (χ4n) is 3.45. The van der Waals surface area contributed by atoms with E-state index in [1.807, 2.05) is 11.8 Å². The molecule has 0 amide bonds. The summed E-state index contributed by atoms with van der Waals surface area (Å²) in [7, 11) is 0. The van der Waals surface area contributed by atoms with Crippen LogP contribution in [-0.4, -0.2) is 33.1 Å². The maximum atomic E-state index is 14.0. The zero-order valence-electron chi connectivity index (χ0n) is 14.2. The molecule has 0 saturated carbocycles. The first-order chi connectivity index (χ1) is 11.8. The molecular formula is C18H21F2N3O2. The van der Waals surface area contributed by atoms with Crippen LogP contribution in [0.1, 0.15) is 42.9 Å². The molecule has 2 heterocycles. The second-order valence-electron chi connectivity index (χ2n) is 6.61. The number of hydrogen-bond donors (Lipinski definition) is 2. The summed E-state index contributed by atoms with van der Waals surface area (Å²) in [5, 5.41) is 10.8. The minimum atomic E-state index is -1.53. The minimum Gasteiger partial charge on any atom is -0.385 e. The normalized spacial score (nSPS) is 18.9. The summed E-state index contributed by atoms with van der Waals surface area (Å²) in [5.74, 6) is -0.908. The van der Waals surface area contributed by atoms with Crippen molar-refractivity contribution in [3.8, 4) is 0 Å². The lowest BCUT2D eigenvalue weighted by atomic mass is 9.83. The molecule has 1 aromatic carbocycles. The SMILES string of the molecule is Cc1cc(=O)[nH]c([C@H](C)N2CCC(O)(c3c(F)cccc3F)CC2)n1. The fraction of sp³-hybridized carbons (Fsp3) is 0.444. The van der Waals surface area contributed by atoms with E-state index < -0.39 is 17.2 Å². The van der Waals surface area contributed by atoms with Crippen molar-refractivity contribution in [2.75, 3.05) is 13.1 Å². The molecule has 25 heavy (non-hydrogen) atoms. The zero-order chi connectivity index (χ0) is 18.2. The molecule has 1 atom stereocenters. The number of benzene rings is 1. The molecule has 2 N–H and O–H groups in total. The Morgan fingerprint density at radius 3 is 2.44 bits per heavy atom. The number of H-pyrrole nitrogens is 1. The average Bonchev–Trinajstić information content (AvgIpc) is 2.53. The highest BCUT2D eigenvalue weighted by Crippen LogP contribution is 2.37. The van der Waals surface area contributed by atoms with Crippen LogP contribution in [0.3, 0.4) is 0 Å². The quantitative estimate of drug-likeness (QED) is 0.893. The maximum Gasteiger partial charge on any atom is 0.251 e. The Bertz CT molecular complexity index is 809. The Labute approximate surface area is 144 Å². The third-order valence-electron chi connectivity index (χ3n) is 4.88. The third kappa shape index (κ3) is 3.48. The van der Waals surface area contributed by atoms with E-state index in [2.05, 4.69) is 9.97 Å². The van der Waals surface area contributed by atoms with Gasteiger partial charge in [0.25, 0.3) is 5.56 Å². The molecule has 0 unspecified atom stereocenters.